The molecule has 1 atom stereocenters. The Balaban J connectivity index is 1.91. The summed E-state index contributed by atoms with van der Waals surface area (Å²) in [5, 5.41) is 17.4. The molecule has 0 saturated heterocycles. The summed E-state index contributed by atoms with van der Waals surface area (Å²) in [5.41, 5.74) is 1.98. The number of methoxy groups -OCH3 is 1. The Kier molecular flexibility index (Phi) is 4.25. The average Bonchev–Trinajstić information content (AvgIpc) is 2.46. The minimum atomic E-state index is -0.498. The van der Waals surface area contributed by atoms with Gasteiger partial charge in [0.1, 0.15) is 5.75 Å². The summed E-state index contributed by atoms with van der Waals surface area (Å²) in [7, 11) is 1.65. The van der Waals surface area contributed by atoms with Crippen molar-refractivity contribution in [1.82, 2.24) is 10.2 Å². The van der Waals surface area contributed by atoms with E-state index in [1.54, 1.807) is 25.6 Å². The zero-order valence-corrected chi connectivity index (χ0v) is 10.3. The fourth-order valence-electron chi connectivity index (χ4n) is 1.76. The van der Waals surface area contributed by atoms with Crippen LogP contribution in [0.15, 0.2) is 42.7 Å². The van der Waals surface area contributed by atoms with E-state index in [-0.39, 0.29) is 0 Å². The summed E-state index contributed by atoms with van der Waals surface area (Å²) >= 11 is 0. The molecule has 0 bridgehead atoms. The fourth-order valence-corrected chi connectivity index (χ4v) is 1.76. The molecule has 94 valence electrons. The lowest BCUT2D eigenvalue weighted by atomic mass is 10.0. The van der Waals surface area contributed by atoms with E-state index >= 15 is 0 Å². The van der Waals surface area contributed by atoms with Crippen LogP contribution >= 0.6 is 0 Å². The van der Waals surface area contributed by atoms with Gasteiger partial charge in [0.05, 0.1) is 19.4 Å². The third-order valence-electron chi connectivity index (χ3n) is 2.86. The number of hydrogen-bond acceptors (Lipinski definition) is 4. The molecule has 1 heterocycles. The lowest BCUT2D eigenvalue weighted by Crippen LogP contribution is -2.00. The minimum absolute atomic E-state index is 0.498. The molecule has 2 aromatic rings. The number of hydrogen-bond donors (Lipinski definition) is 1. The molecule has 18 heavy (non-hydrogen) atoms. The Bertz CT molecular complexity index is 471. The van der Waals surface area contributed by atoms with Crippen molar-refractivity contribution in [1.29, 1.82) is 0 Å². The second kappa shape index (κ2) is 6.12. The van der Waals surface area contributed by atoms with Crippen LogP contribution in [0.5, 0.6) is 5.75 Å². The summed E-state index contributed by atoms with van der Waals surface area (Å²) in [6, 6.07) is 9.66. The first kappa shape index (κ1) is 12.5. The molecule has 0 spiro atoms. The van der Waals surface area contributed by atoms with Gasteiger partial charge in [0.2, 0.25) is 0 Å². The molecule has 1 aromatic carbocycles. The molecular formula is C14H16N2O2. The van der Waals surface area contributed by atoms with Gasteiger partial charge in [0.25, 0.3) is 0 Å². The molecule has 0 radical (unpaired) electrons. The van der Waals surface area contributed by atoms with Crippen LogP contribution < -0.4 is 4.74 Å². The number of benzene rings is 1. The van der Waals surface area contributed by atoms with Gasteiger partial charge in [-0.1, -0.05) is 12.1 Å². The van der Waals surface area contributed by atoms with Crippen LogP contribution in [0.1, 0.15) is 23.7 Å². The largest absolute Gasteiger partial charge is 0.497 e. The highest BCUT2D eigenvalue weighted by Gasteiger charge is 2.07. The van der Waals surface area contributed by atoms with Crippen LogP contribution in [-0.2, 0) is 6.42 Å². The van der Waals surface area contributed by atoms with Gasteiger partial charge < -0.3 is 9.84 Å². The second-order valence-electron chi connectivity index (χ2n) is 4.08. The van der Waals surface area contributed by atoms with Crippen LogP contribution in [0.2, 0.25) is 0 Å². The maximum Gasteiger partial charge on any atom is 0.118 e. The first-order valence-corrected chi connectivity index (χ1v) is 5.87. The predicted octanol–water partition coefficient (Wildman–Crippen LogP) is 2.15. The molecule has 0 aliphatic carbocycles. The van der Waals surface area contributed by atoms with Crippen LogP contribution in [0.3, 0.4) is 0 Å². The number of aliphatic hydroxyl groups excluding tert-OH is 1. The lowest BCUT2D eigenvalue weighted by molar-refractivity contribution is 0.167. The average molecular weight is 244 g/mol. The van der Waals surface area contributed by atoms with Crippen LogP contribution in [0, 0.1) is 0 Å². The number of aliphatic hydroxyl groups is 1. The molecule has 0 aliphatic heterocycles. The Morgan fingerprint density at radius 1 is 1.17 bits per heavy atom. The van der Waals surface area contributed by atoms with Crippen molar-refractivity contribution in [2.75, 3.05) is 7.11 Å². The van der Waals surface area contributed by atoms with Crippen LogP contribution in [0.25, 0.3) is 0 Å². The van der Waals surface area contributed by atoms with Gasteiger partial charge in [-0.25, -0.2) is 0 Å². The van der Waals surface area contributed by atoms with Crippen molar-refractivity contribution in [3.63, 3.8) is 0 Å². The molecule has 1 N–H and O–H groups in total. The zero-order chi connectivity index (χ0) is 12.8. The highest BCUT2D eigenvalue weighted by Crippen LogP contribution is 2.19. The van der Waals surface area contributed by atoms with Crippen molar-refractivity contribution < 1.29 is 9.84 Å². The standard InChI is InChI=1S/C14H16N2O2/c1-18-13-5-2-11(3-6-13)4-7-14(17)12-8-9-15-16-10-12/h2-3,5-6,8-10,14,17H,4,7H2,1H3. The minimum Gasteiger partial charge on any atom is -0.497 e. The lowest BCUT2D eigenvalue weighted by Gasteiger charge is -2.10. The SMILES string of the molecule is COc1ccc(CCC(O)c2ccnnc2)cc1. The maximum atomic E-state index is 9.99. The van der Waals surface area contributed by atoms with Crippen molar-refractivity contribution >= 4 is 0 Å². The molecular weight excluding hydrogens is 228 g/mol. The molecule has 1 unspecified atom stereocenters. The van der Waals surface area contributed by atoms with Gasteiger partial charge >= 0.3 is 0 Å². The first-order valence-electron chi connectivity index (χ1n) is 5.87. The molecule has 4 heteroatoms. The highest BCUT2D eigenvalue weighted by molar-refractivity contribution is 5.27. The van der Waals surface area contributed by atoms with Gasteiger partial charge in [0, 0.05) is 11.8 Å². The smallest absolute Gasteiger partial charge is 0.118 e. The fraction of sp³-hybridized carbons (Fsp3) is 0.286. The van der Waals surface area contributed by atoms with Crippen molar-refractivity contribution in [3.05, 3.63) is 53.9 Å². The van der Waals surface area contributed by atoms with Crippen LogP contribution in [-0.4, -0.2) is 22.4 Å². The molecule has 0 amide bonds. The van der Waals surface area contributed by atoms with E-state index in [0.717, 1.165) is 17.7 Å². The van der Waals surface area contributed by atoms with E-state index in [9.17, 15) is 5.11 Å². The molecule has 4 nitrogen and oxygen atoms in total. The summed E-state index contributed by atoms with van der Waals surface area (Å²) in [5.74, 6) is 0.845. The molecule has 2 rings (SSSR count). The number of aromatic nitrogens is 2. The Morgan fingerprint density at radius 3 is 2.56 bits per heavy atom. The molecule has 0 fully saturated rings. The van der Waals surface area contributed by atoms with Crippen molar-refractivity contribution in [2.45, 2.75) is 18.9 Å². The number of ether oxygens (including phenoxy) is 1. The third kappa shape index (κ3) is 3.28. The molecule has 0 saturated carbocycles. The van der Waals surface area contributed by atoms with E-state index < -0.39 is 6.10 Å². The summed E-state index contributed by atoms with van der Waals surface area (Å²) in [4.78, 5) is 0. The summed E-state index contributed by atoms with van der Waals surface area (Å²) in [6.07, 6.45) is 4.17. The maximum absolute atomic E-state index is 9.99. The highest BCUT2D eigenvalue weighted by atomic mass is 16.5. The number of rotatable bonds is 5. The number of nitrogens with zero attached hydrogens (tertiary/aromatic N) is 2. The van der Waals surface area contributed by atoms with E-state index in [1.165, 1.54) is 5.56 Å². The predicted molar refractivity (Wildman–Crippen MR) is 68.3 cm³/mol. The second-order valence-corrected chi connectivity index (χ2v) is 4.08. The Labute approximate surface area is 106 Å². The normalized spacial score (nSPS) is 12.1. The zero-order valence-electron chi connectivity index (χ0n) is 10.3. The van der Waals surface area contributed by atoms with E-state index in [2.05, 4.69) is 10.2 Å². The van der Waals surface area contributed by atoms with E-state index in [1.807, 2.05) is 24.3 Å². The monoisotopic (exact) mass is 244 g/mol. The van der Waals surface area contributed by atoms with E-state index in [4.69, 9.17) is 4.74 Å². The topological polar surface area (TPSA) is 55.2 Å². The molecule has 0 aliphatic rings. The quantitative estimate of drug-likeness (QED) is 0.875. The summed E-state index contributed by atoms with van der Waals surface area (Å²) in [6.45, 7) is 0. The first-order chi connectivity index (χ1) is 8.79. The van der Waals surface area contributed by atoms with Gasteiger partial charge in [-0.2, -0.15) is 10.2 Å². The van der Waals surface area contributed by atoms with Gasteiger partial charge in [-0.15, -0.1) is 0 Å². The van der Waals surface area contributed by atoms with E-state index in [0.29, 0.717) is 6.42 Å². The Morgan fingerprint density at radius 2 is 1.94 bits per heavy atom. The van der Waals surface area contributed by atoms with Crippen molar-refractivity contribution in [3.8, 4) is 5.75 Å². The van der Waals surface area contributed by atoms with Gasteiger partial charge in [-0.3, -0.25) is 0 Å². The van der Waals surface area contributed by atoms with Gasteiger partial charge in [0.15, 0.2) is 0 Å². The van der Waals surface area contributed by atoms with Gasteiger partial charge in [-0.05, 0) is 36.6 Å². The molecule has 1 aromatic heterocycles. The number of aryl methyl sites for hydroxylation is 1. The van der Waals surface area contributed by atoms with Crippen LogP contribution in [0.4, 0.5) is 0 Å². The third-order valence-corrected chi connectivity index (χ3v) is 2.86. The van der Waals surface area contributed by atoms with Crippen molar-refractivity contribution in [2.24, 2.45) is 0 Å². The Hall–Kier alpha value is -1.94. The summed E-state index contributed by atoms with van der Waals surface area (Å²) < 4.78 is 5.10.